The number of aliphatic hydroxyl groups excluding tert-OH is 1. The second-order valence-corrected chi connectivity index (χ2v) is 5.39. The molecule has 3 rings (SSSR count). The normalized spacial score (nSPS) is 23.1. The molecule has 1 fully saturated rings. The molecule has 20 heavy (non-hydrogen) atoms. The van der Waals surface area contributed by atoms with Gasteiger partial charge in [-0.2, -0.15) is 5.10 Å². The summed E-state index contributed by atoms with van der Waals surface area (Å²) in [4.78, 5) is 8.64. The third-order valence-corrected chi connectivity index (χ3v) is 3.94. The van der Waals surface area contributed by atoms with Gasteiger partial charge in [-0.25, -0.2) is 14.6 Å². The van der Waals surface area contributed by atoms with Crippen LogP contribution in [0.3, 0.4) is 0 Å². The highest BCUT2D eigenvalue weighted by molar-refractivity contribution is 5.86. The Balaban J connectivity index is 1.96. The van der Waals surface area contributed by atoms with Gasteiger partial charge in [0.25, 0.3) is 0 Å². The zero-order chi connectivity index (χ0) is 13.9. The monoisotopic (exact) mass is 275 g/mol. The SMILES string of the molecule is CCCNc1ncnc2c1cnn2C1CCCCC1O. The fourth-order valence-electron chi connectivity index (χ4n) is 2.87. The maximum atomic E-state index is 10.2. The molecule has 1 saturated carbocycles. The van der Waals surface area contributed by atoms with Gasteiger partial charge in [-0.05, 0) is 19.3 Å². The van der Waals surface area contributed by atoms with Gasteiger partial charge in [0.05, 0.1) is 23.7 Å². The molecule has 2 aromatic rings. The number of aliphatic hydroxyl groups is 1. The van der Waals surface area contributed by atoms with E-state index in [9.17, 15) is 5.11 Å². The maximum absolute atomic E-state index is 10.2. The average Bonchev–Trinajstić information content (AvgIpc) is 2.90. The van der Waals surface area contributed by atoms with Crippen molar-refractivity contribution in [2.45, 2.75) is 51.2 Å². The smallest absolute Gasteiger partial charge is 0.163 e. The molecule has 2 unspecified atom stereocenters. The van der Waals surface area contributed by atoms with Gasteiger partial charge in [-0.1, -0.05) is 19.8 Å². The summed E-state index contributed by atoms with van der Waals surface area (Å²) in [6.07, 6.45) is 8.11. The van der Waals surface area contributed by atoms with Crippen LogP contribution in [0.4, 0.5) is 5.82 Å². The Bertz CT molecular complexity index is 582. The lowest BCUT2D eigenvalue weighted by atomic mass is 9.93. The molecule has 1 aliphatic rings. The van der Waals surface area contributed by atoms with Crippen molar-refractivity contribution in [1.82, 2.24) is 19.7 Å². The van der Waals surface area contributed by atoms with E-state index >= 15 is 0 Å². The standard InChI is InChI=1S/C14H21N5O/c1-2-7-15-13-10-8-18-19(14(10)17-9-16-13)11-5-3-4-6-12(11)20/h8-9,11-12,20H,2-7H2,1H3,(H,15,16,17). The number of fused-ring (bicyclic) bond motifs is 1. The van der Waals surface area contributed by atoms with Gasteiger partial charge in [0.15, 0.2) is 5.65 Å². The van der Waals surface area contributed by atoms with Crippen LogP contribution in [0.15, 0.2) is 12.5 Å². The molecule has 0 bridgehead atoms. The second-order valence-electron chi connectivity index (χ2n) is 5.39. The second kappa shape index (κ2) is 5.75. The topological polar surface area (TPSA) is 75.9 Å². The minimum absolute atomic E-state index is 0.0372. The first-order chi connectivity index (χ1) is 9.81. The number of hydrogen-bond acceptors (Lipinski definition) is 5. The molecule has 0 aromatic carbocycles. The Hall–Kier alpha value is -1.69. The molecule has 2 atom stereocenters. The van der Waals surface area contributed by atoms with Crippen molar-refractivity contribution >= 4 is 16.9 Å². The fraction of sp³-hybridized carbons (Fsp3) is 0.643. The molecule has 0 aliphatic heterocycles. The van der Waals surface area contributed by atoms with E-state index in [0.29, 0.717) is 0 Å². The molecule has 0 amide bonds. The number of anilines is 1. The summed E-state index contributed by atoms with van der Waals surface area (Å²) >= 11 is 0. The summed E-state index contributed by atoms with van der Waals surface area (Å²) in [5.41, 5.74) is 0.810. The Kier molecular flexibility index (Phi) is 3.82. The molecular weight excluding hydrogens is 254 g/mol. The van der Waals surface area contributed by atoms with Crippen LogP contribution in [0.1, 0.15) is 45.1 Å². The van der Waals surface area contributed by atoms with Gasteiger partial charge in [0.1, 0.15) is 12.1 Å². The van der Waals surface area contributed by atoms with E-state index in [1.54, 1.807) is 12.5 Å². The van der Waals surface area contributed by atoms with E-state index in [-0.39, 0.29) is 12.1 Å². The van der Waals surface area contributed by atoms with Gasteiger partial charge in [-0.15, -0.1) is 0 Å². The van der Waals surface area contributed by atoms with E-state index in [1.807, 2.05) is 4.68 Å². The van der Waals surface area contributed by atoms with E-state index in [4.69, 9.17) is 0 Å². The number of rotatable bonds is 4. The molecule has 6 nitrogen and oxygen atoms in total. The third kappa shape index (κ3) is 2.35. The molecular formula is C14H21N5O. The van der Waals surface area contributed by atoms with Crippen LogP contribution in [-0.4, -0.2) is 37.5 Å². The quantitative estimate of drug-likeness (QED) is 0.894. The lowest BCUT2D eigenvalue weighted by Crippen LogP contribution is -2.28. The fourth-order valence-corrected chi connectivity index (χ4v) is 2.87. The van der Waals surface area contributed by atoms with Crippen molar-refractivity contribution in [3.63, 3.8) is 0 Å². The van der Waals surface area contributed by atoms with Crippen molar-refractivity contribution < 1.29 is 5.11 Å². The Morgan fingerprint density at radius 3 is 3.00 bits per heavy atom. The van der Waals surface area contributed by atoms with Crippen LogP contribution in [-0.2, 0) is 0 Å². The molecule has 0 radical (unpaired) electrons. The lowest BCUT2D eigenvalue weighted by Gasteiger charge is -2.27. The van der Waals surface area contributed by atoms with E-state index < -0.39 is 0 Å². The van der Waals surface area contributed by atoms with Crippen LogP contribution in [0.5, 0.6) is 0 Å². The van der Waals surface area contributed by atoms with E-state index in [0.717, 1.165) is 55.5 Å². The number of aromatic nitrogens is 4. The number of hydrogen-bond donors (Lipinski definition) is 2. The summed E-state index contributed by atoms with van der Waals surface area (Å²) < 4.78 is 1.87. The Morgan fingerprint density at radius 1 is 1.35 bits per heavy atom. The van der Waals surface area contributed by atoms with Crippen LogP contribution in [0, 0.1) is 0 Å². The van der Waals surface area contributed by atoms with Crippen LogP contribution >= 0.6 is 0 Å². The summed E-state index contributed by atoms with van der Waals surface area (Å²) in [5, 5.41) is 18.9. The predicted molar refractivity (Wildman–Crippen MR) is 77.6 cm³/mol. The highest BCUT2D eigenvalue weighted by atomic mass is 16.3. The van der Waals surface area contributed by atoms with Crippen molar-refractivity contribution in [2.24, 2.45) is 0 Å². The van der Waals surface area contributed by atoms with E-state index in [1.165, 1.54) is 0 Å². The molecule has 2 heterocycles. The highest BCUT2D eigenvalue weighted by Crippen LogP contribution is 2.31. The van der Waals surface area contributed by atoms with Crippen molar-refractivity contribution in [2.75, 3.05) is 11.9 Å². The molecule has 0 saturated heterocycles. The van der Waals surface area contributed by atoms with Gasteiger partial charge < -0.3 is 10.4 Å². The first-order valence-electron chi connectivity index (χ1n) is 7.41. The summed E-state index contributed by atoms with van der Waals surface area (Å²) in [6, 6.07) is 0.0372. The van der Waals surface area contributed by atoms with Gasteiger partial charge in [0, 0.05) is 6.54 Å². The Labute approximate surface area is 118 Å². The van der Waals surface area contributed by atoms with Gasteiger partial charge >= 0.3 is 0 Å². The number of nitrogens with zero attached hydrogens (tertiary/aromatic N) is 4. The highest BCUT2D eigenvalue weighted by Gasteiger charge is 2.27. The van der Waals surface area contributed by atoms with Crippen molar-refractivity contribution in [1.29, 1.82) is 0 Å². The Morgan fingerprint density at radius 2 is 2.20 bits per heavy atom. The minimum atomic E-state index is -0.325. The lowest BCUT2D eigenvalue weighted by molar-refractivity contribution is 0.0713. The zero-order valence-corrected chi connectivity index (χ0v) is 11.8. The first kappa shape index (κ1) is 13.3. The molecule has 1 aliphatic carbocycles. The molecule has 2 aromatic heterocycles. The van der Waals surface area contributed by atoms with Crippen molar-refractivity contribution in [3.05, 3.63) is 12.5 Å². The van der Waals surface area contributed by atoms with Gasteiger partial charge in [0.2, 0.25) is 0 Å². The predicted octanol–water partition coefficient (Wildman–Crippen LogP) is 2.12. The van der Waals surface area contributed by atoms with Crippen LogP contribution < -0.4 is 5.32 Å². The summed E-state index contributed by atoms with van der Waals surface area (Å²) in [5.74, 6) is 0.827. The minimum Gasteiger partial charge on any atom is -0.391 e. The van der Waals surface area contributed by atoms with Crippen LogP contribution in [0.2, 0.25) is 0 Å². The third-order valence-electron chi connectivity index (χ3n) is 3.94. The van der Waals surface area contributed by atoms with Gasteiger partial charge in [-0.3, -0.25) is 0 Å². The molecule has 2 N–H and O–H groups in total. The largest absolute Gasteiger partial charge is 0.391 e. The zero-order valence-electron chi connectivity index (χ0n) is 11.8. The summed E-state index contributed by atoms with van der Waals surface area (Å²) in [6.45, 7) is 3.00. The van der Waals surface area contributed by atoms with Crippen molar-refractivity contribution in [3.8, 4) is 0 Å². The first-order valence-corrected chi connectivity index (χ1v) is 7.41. The van der Waals surface area contributed by atoms with Crippen LogP contribution in [0.25, 0.3) is 11.0 Å². The molecule has 0 spiro atoms. The molecule has 108 valence electrons. The number of nitrogens with one attached hydrogen (secondary N) is 1. The molecule has 6 heteroatoms. The maximum Gasteiger partial charge on any atom is 0.163 e. The summed E-state index contributed by atoms with van der Waals surface area (Å²) in [7, 11) is 0. The van der Waals surface area contributed by atoms with E-state index in [2.05, 4.69) is 27.3 Å². The average molecular weight is 275 g/mol.